The van der Waals surface area contributed by atoms with E-state index in [4.69, 9.17) is 11.6 Å². The summed E-state index contributed by atoms with van der Waals surface area (Å²) in [6.07, 6.45) is 1.53. The molecule has 0 bridgehead atoms. The number of aryl methyl sites for hydroxylation is 1. The molecule has 5 nitrogen and oxygen atoms in total. The number of hydrazone groups is 1. The molecule has 1 heterocycles. The molecule has 6 heteroatoms. The van der Waals surface area contributed by atoms with Crippen LogP contribution in [-0.2, 0) is 11.3 Å². The number of fused-ring (bicyclic) bond motifs is 1. The standard InChI is InChI=1S/C17H15ClN4O/c1-12-20-15-8-4-5-9-16(15)22(12)11-17(23)21-19-10-13-6-2-3-7-14(13)18/h2-10H,11H2,1H3,(H,21,23)/b19-10-. The van der Waals surface area contributed by atoms with Crippen molar-refractivity contribution in [3.05, 3.63) is 64.9 Å². The molecule has 23 heavy (non-hydrogen) atoms. The summed E-state index contributed by atoms with van der Waals surface area (Å²) >= 11 is 6.02. The highest BCUT2D eigenvalue weighted by Crippen LogP contribution is 2.15. The van der Waals surface area contributed by atoms with E-state index in [0.717, 1.165) is 22.4 Å². The molecule has 0 spiro atoms. The van der Waals surface area contributed by atoms with Crippen LogP contribution in [0.25, 0.3) is 11.0 Å². The Morgan fingerprint density at radius 1 is 1.26 bits per heavy atom. The van der Waals surface area contributed by atoms with E-state index in [1.54, 1.807) is 6.07 Å². The summed E-state index contributed by atoms with van der Waals surface area (Å²) in [6, 6.07) is 15.0. The Kier molecular flexibility index (Phi) is 4.39. The SMILES string of the molecule is Cc1nc2ccccc2n1CC(=O)N/N=C\c1ccccc1Cl. The van der Waals surface area contributed by atoms with E-state index >= 15 is 0 Å². The predicted octanol–water partition coefficient (Wildman–Crippen LogP) is 3.15. The minimum Gasteiger partial charge on any atom is -0.319 e. The van der Waals surface area contributed by atoms with Gasteiger partial charge in [-0.2, -0.15) is 5.10 Å². The first-order valence-electron chi connectivity index (χ1n) is 7.13. The van der Waals surface area contributed by atoms with Crippen LogP contribution in [0.2, 0.25) is 5.02 Å². The van der Waals surface area contributed by atoms with E-state index < -0.39 is 0 Å². The van der Waals surface area contributed by atoms with Gasteiger partial charge in [-0.15, -0.1) is 0 Å². The van der Waals surface area contributed by atoms with Gasteiger partial charge < -0.3 is 4.57 Å². The van der Waals surface area contributed by atoms with E-state index in [0.29, 0.717) is 5.02 Å². The van der Waals surface area contributed by atoms with Crippen molar-refractivity contribution in [2.75, 3.05) is 0 Å². The molecule has 116 valence electrons. The number of nitrogens with one attached hydrogen (secondary N) is 1. The Morgan fingerprint density at radius 3 is 2.83 bits per heavy atom. The normalized spacial score (nSPS) is 11.2. The van der Waals surface area contributed by atoms with E-state index in [2.05, 4.69) is 15.5 Å². The molecule has 0 aliphatic carbocycles. The second-order valence-corrected chi connectivity index (χ2v) is 5.46. The number of hydrogen-bond acceptors (Lipinski definition) is 3. The molecule has 3 aromatic rings. The van der Waals surface area contributed by atoms with Crippen molar-refractivity contribution < 1.29 is 4.79 Å². The Bertz CT molecular complexity index is 885. The van der Waals surface area contributed by atoms with Crippen LogP contribution in [0.4, 0.5) is 0 Å². The second kappa shape index (κ2) is 6.62. The van der Waals surface area contributed by atoms with Crippen LogP contribution in [0.5, 0.6) is 0 Å². The maximum absolute atomic E-state index is 12.1. The van der Waals surface area contributed by atoms with Gasteiger partial charge in [0, 0.05) is 10.6 Å². The molecule has 0 fully saturated rings. The molecule has 0 aliphatic rings. The number of imidazole rings is 1. The Balaban J connectivity index is 1.70. The summed E-state index contributed by atoms with van der Waals surface area (Å²) in [5.41, 5.74) is 5.06. The van der Waals surface area contributed by atoms with Gasteiger partial charge in [-0.1, -0.05) is 41.9 Å². The first-order valence-corrected chi connectivity index (χ1v) is 7.51. The average molecular weight is 327 g/mol. The summed E-state index contributed by atoms with van der Waals surface area (Å²) in [6.45, 7) is 2.03. The highest BCUT2D eigenvalue weighted by Gasteiger charge is 2.09. The number of amides is 1. The Hall–Kier alpha value is -2.66. The molecule has 2 aromatic carbocycles. The van der Waals surface area contributed by atoms with E-state index in [9.17, 15) is 4.79 Å². The fourth-order valence-corrected chi connectivity index (χ4v) is 2.51. The van der Waals surface area contributed by atoms with Crippen LogP contribution in [0.3, 0.4) is 0 Å². The first-order chi connectivity index (χ1) is 11.1. The molecule has 3 rings (SSSR count). The number of nitrogens with zero attached hydrogens (tertiary/aromatic N) is 3. The van der Waals surface area contributed by atoms with Crippen molar-refractivity contribution in [1.29, 1.82) is 0 Å². The number of benzene rings is 2. The lowest BCUT2D eigenvalue weighted by Gasteiger charge is -2.05. The molecular weight excluding hydrogens is 312 g/mol. The van der Waals surface area contributed by atoms with Gasteiger partial charge in [-0.3, -0.25) is 4.79 Å². The van der Waals surface area contributed by atoms with Gasteiger partial charge in [0.05, 0.1) is 17.2 Å². The zero-order valence-corrected chi connectivity index (χ0v) is 13.3. The Labute approximate surface area is 138 Å². The highest BCUT2D eigenvalue weighted by molar-refractivity contribution is 6.33. The number of carbonyl (C=O) groups excluding carboxylic acids is 1. The van der Waals surface area contributed by atoms with Crippen molar-refractivity contribution in [2.24, 2.45) is 5.10 Å². The van der Waals surface area contributed by atoms with Crippen LogP contribution in [0.15, 0.2) is 53.6 Å². The molecule has 0 unspecified atom stereocenters. The third kappa shape index (κ3) is 3.40. The molecule has 1 aromatic heterocycles. The third-order valence-corrected chi connectivity index (χ3v) is 3.79. The summed E-state index contributed by atoms with van der Waals surface area (Å²) in [4.78, 5) is 16.5. The minimum absolute atomic E-state index is 0.159. The summed E-state index contributed by atoms with van der Waals surface area (Å²) < 4.78 is 1.86. The highest BCUT2D eigenvalue weighted by atomic mass is 35.5. The van der Waals surface area contributed by atoms with Gasteiger partial charge in [0.25, 0.3) is 5.91 Å². The molecule has 0 atom stereocenters. The maximum atomic E-state index is 12.1. The molecule has 0 aliphatic heterocycles. The fraction of sp³-hybridized carbons (Fsp3) is 0.118. The molecule has 0 saturated carbocycles. The monoisotopic (exact) mass is 326 g/mol. The van der Waals surface area contributed by atoms with Crippen molar-refractivity contribution in [3.8, 4) is 0 Å². The quantitative estimate of drug-likeness (QED) is 0.591. The molecule has 0 saturated heterocycles. The van der Waals surface area contributed by atoms with Gasteiger partial charge in [0.1, 0.15) is 12.4 Å². The lowest BCUT2D eigenvalue weighted by molar-refractivity contribution is -0.121. The maximum Gasteiger partial charge on any atom is 0.260 e. The van der Waals surface area contributed by atoms with Crippen molar-refractivity contribution in [3.63, 3.8) is 0 Å². The zero-order valence-electron chi connectivity index (χ0n) is 12.5. The largest absolute Gasteiger partial charge is 0.319 e. The van der Waals surface area contributed by atoms with Crippen LogP contribution >= 0.6 is 11.6 Å². The number of aromatic nitrogens is 2. The number of halogens is 1. The van der Waals surface area contributed by atoms with Gasteiger partial charge in [0.15, 0.2) is 0 Å². The first kappa shape index (κ1) is 15.2. The number of carbonyl (C=O) groups is 1. The van der Waals surface area contributed by atoms with E-state index in [1.807, 2.05) is 54.0 Å². The smallest absolute Gasteiger partial charge is 0.260 e. The van der Waals surface area contributed by atoms with Gasteiger partial charge >= 0.3 is 0 Å². The molecule has 0 radical (unpaired) electrons. The van der Waals surface area contributed by atoms with E-state index in [1.165, 1.54) is 6.21 Å². The average Bonchev–Trinajstić information content (AvgIpc) is 2.85. The Morgan fingerprint density at radius 2 is 2.00 bits per heavy atom. The van der Waals surface area contributed by atoms with Crippen LogP contribution < -0.4 is 5.43 Å². The summed E-state index contributed by atoms with van der Waals surface area (Å²) in [7, 11) is 0. The van der Waals surface area contributed by atoms with E-state index in [-0.39, 0.29) is 12.5 Å². The number of para-hydroxylation sites is 2. The lowest BCUT2D eigenvalue weighted by Crippen LogP contribution is -2.23. The third-order valence-electron chi connectivity index (χ3n) is 3.45. The molecule has 1 N–H and O–H groups in total. The fourth-order valence-electron chi connectivity index (χ4n) is 2.33. The second-order valence-electron chi connectivity index (χ2n) is 5.05. The number of hydrogen-bond donors (Lipinski definition) is 1. The molecule has 1 amide bonds. The summed E-state index contributed by atoms with van der Waals surface area (Å²) in [5, 5.41) is 4.54. The van der Waals surface area contributed by atoms with Crippen molar-refractivity contribution in [2.45, 2.75) is 13.5 Å². The minimum atomic E-state index is -0.223. The lowest BCUT2D eigenvalue weighted by atomic mass is 10.2. The predicted molar refractivity (Wildman–Crippen MR) is 91.7 cm³/mol. The number of rotatable bonds is 4. The zero-order chi connectivity index (χ0) is 16.2. The van der Waals surface area contributed by atoms with Gasteiger partial charge in [0.2, 0.25) is 0 Å². The van der Waals surface area contributed by atoms with Crippen LogP contribution in [-0.4, -0.2) is 21.7 Å². The van der Waals surface area contributed by atoms with Crippen molar-refractivity contribution in [1.82, 2.24) is 15.0 Å². The van der Waals surface area contributed by atoms with Gasteiger partial charge in [-0.05, 0) is 25.1 Å². The van der Waals surface area contributed by atoms with Crippen LogP contribution in [0.1, 0.15) is 11.4 Å². The topological polar surface area (TPSA) is 59.3 Å². The van der Waals surface area contributed by atoms with Gasteiger partial charge in [-0.25, -0.2) is 10.4 Å². The van der Waals surface area contributed by atoms with Crippen molar-refractivity contribution >= 4 is 34.8 Å². The summed E-state index contributed by atoms with van der Waals surface area (Å²) in [5.74, 6) is 0.566. The van der Waals surface area contributed by atoms with Crippen LogP contribution in [0, 0.1) is 6.92 Å². The molecular formula is C17H15ClN4O.